The quantitative estimate of drug-likeness (QED) is 0.297. The molecule has 2 fully saturated rings. The van der Waals surface area contributed by atoms with Crippen molar-refractivity contribution in [2.45, 2.75) is 133 Å². The van der Waals surface area contributed by atoms with Crippen LogP contribution in [0.3, 0.4) is 0 Å². The fourth-order valence-corrected chi connectivity index (χ4v) is 9.86. The van der Waals surface area contributed by atoms with Crippen LogP contribution in [0.5, 0.6) is 0 Å². The molecule has 192 valence electrons. The maximum atomic E-state index is 11.8. The fraction of sp³-hybridized carbons (Fsp3) is 0.844. The van der Waals surface area contributed by atoms with Gasteiger partial charge in [-0.3, -0.25) is 4.79 Å². The molecule has 4 rings (SSSR count). The summed E-state index contributed by atoms with van der Waals surface area (Å²) < 4.78 is 5.87. The van der Waals surface area contributed by atoms with E-state index in [9.17, 15) is 4.79 Å². The summed E-state index contributed by atoms with van der Waals surface area (Å²) in [4.78, 5) is 11.8. The molecule has 0 aromatic carbocycles. The highest BCUT2D eigenvalue weighted by Gasteiger charge is 2.63. The Morgan fingerprint density at radius 1 is 0.971 bits per heavy atom. The minimum atomic E-state index is -0.117. The molecule has 7 atom stereocenters. The van der Waals surface area contributed by atoms with Crippen LogP contribution in [0.25, 0.3) is 0 Å². The predicted molar refractivity (Wildman–Crippen MR) is 142 cm³/mol. The number of ether oxygens (including phenoxy) is 1. The number of allylic oxidation sites excluding steroid dienone is 4. The minimum Gasteiger partial charge on any atom is -0.462 e. The second kappa shape index (κ2) is 8.81. The first-order valence-electron chi connectivity index (χ1n) is 14.3. The second-order valence-electron chi connectivity index (χ2n) is 14.2. The lowest BCUT2D eigenvalue weighted by molar-refractivity contribution is -0.167. The van der Waals surface area contributed by atoms with E-state index in [-0.39, 0.29) is 22.9 Å². The monoisotopic (exact) mass is 468 g/mol. The Labute approximate surface area is 210 Å². The number of hydrogen-bond acceptors (Lipinski definition) is 2. The topological polar surface area (TPSA) is 26.3 Å². The second-order valence-corrected chi connectivity index (χ2v) is 14.2. The molecule has 4 aliphatic carbocycles. The van der Waals surface area contributed by atoms with Gasteiger partial charge in [-0.25, -0.2) is 0 Å². The van der Waals surface area contributed by atoms with Crippen molar-refractivity contribution >= 4 is 5.97 Å². The molecule has 0 radical (unpaired) electrons. The molecule has 4 aliphatic rings. The van der Waals surface area contributed by atoms with E-state index in [1.165, 1.54) is 63.4 Å². The third-order valence-electron chi connectivity index (χ3n) is 11.9. The molecule has 2 nitrogen and oxygen atoms in total. The Hall–Kier alpha value is -1.05. The summed E-state index contributed by atoms with van der Waals surface area (Å²) in [7, 11) is 0. The van der Waals surface area contributed by atoms with Crippen LogP contribution in [0.15, 0.2) is 22.8 Å². The van der Waals surface area contributed by atoms with Gasteiger partial charge in [0, 0.05) is 12.3 Å². The molecule has 0 aromatic rings. The molecule has 0 heterocycles. The first-order chi connectivity index (χ1) is 15.8. The van der Waals surface area contributed by atoms with Gasteiger partial charge in [0.1, 0.15) is 6.10 Å². The van der Waals surface area contributed by atoms with Crippen LogP contribution in [0.4, 0.5) is 0 Å². The van der Waals surface area contributed by atoms with Crippen molar-refractivity contribution < 1.29 is 9.53 Å². The van der Waals surface area contributed by atoms with Crippen LogP contribution in [0.2, 0.25) is 0 Å². The van der Waals surface area contributed by atoms with E-state index in [1.54, 1.807) is 6.92 Å². The molecule has 0 aliphatic heterocycles. The zero-order valence-corrected chi connectivity index (χ0v) is 23.8. The van der Waals surface area contributed by atoms with Crippen molar-refractivity contribution in [2.24, 2.45) is 39.4 Å². The van der Waals surface area contributed by atoms with Crippen molar-refractivity contribution in [1.82, 2.24) is 0 Å². The minimum absolute atomic E-state index is 0.0382. The van der Waals surface area contributed by atoms with Gasteiger partial charge in [0.25, 0.3) is 0 Å². The number of carbonyl (C=O) groups excluding carboxylic acids is 1. The van der Waals surface area contributed by atoms with E-state index in [0.717, 1.165) is 18.3 Å². The summed E-state index contributed by atoms with van der Waals surface area (Å²) in [5.41, 5.74) is 6.25. The molecule has 0 bridgehead atoms. The van der Waals surface area contributed by atoms with Gasteiger partial charge in [0.2, 0.25) is 0 Å². The molecule has 0 N–H and O–H groups in total. The van der Waals surface area contributed by atoms with E-state index in [2.05, 4.69) is 61.5 Å². The number of rotatable bonds is 5. The van der Waals surface area contributed by atoms with Crippen LogP contribution in [0, 0.1) is 39.4 Å². The maximum absolute atomic E-state index is 11.8. The van der Waals surface area contributed by atoms with E-state index < -0.39 is 0 Å². The zero-order valence-electron chi connectivity index (χ0n) is 23.8. The third-order valence-corrected chi connectivity index (χ3v) is 11.9. The normalized spacial score (nSPS) is 41.7. The highest BCUT2D eigenvalue weighted by atomic mass is 16.5. The van der Waals surface area contributed by atoms with Crippen LogP contribution in [-0.2, 0) is 9.53 Å². The van der Waals surface area contributed by atoms with Gasteiger partial charge >= 0.3 is 5.97 Å². The molecule has 2 heteroatoms. The Kier molecular flexibility index (Phi) is 6.74. The molecule has 0 aromatic heterocycles. The fourth-order valence-electron chi connectivity index (χ4n) is 9.86. The van der Waals surface area contributed by atoms with Crippen LogP contribution in [-0.4, -0.2) is 12.1 Å². The average Bonchev–Trinajstić information content (AvgIpc) is 3.01. The van der Waals surface area contributed by atoms with Gasteiger partial charge in [-0.15, -0.1) is 0 Å². The van der Waals surface area contributed by atoms with Gasteiger partial charge in [-0.05, 0) is 112 Å². The molecule has 0 amide bonds. The molecule has 0 saturated heterocycles. The molecule has 34 heavy (non-hydrogen) atoms. The highest BCUT2D eigenvalue weighted by molar-refractivity contribution is 5.66. The number of carbonyl (C=O) groups is 1. The Bertz CT molecular complexity index is 873. The van der Waals surface area contributed by atoms with Crippen molar-refractivity contribution in [2.75, 3.05) is 0 Å². The number of hydrogen-bond donors (Lipinski definition) is 0. The summed E-state index contributed by atoms with van der Waals surface area (Å²) in [6.45, 7) is 21.2. The summed E-state index contributed by atoms with van der Waals surface area (Å²) in [6, 6.07) is 0. The number of fused-ring (bicyclic) bond motifs is 4. The van der Waals surface area contributed by atoms with E-state index in [1.807, 2.05) is 11.1 Å². The highest BCUT2D eigenvalue weighted by Crippen LogP contribution is 2.72. The molecular formula is C32H52O2. The Balaban J connectivity index is 1.63. The lowest BCUT2D eigenvalue weighted by Crippen LogP contribution is -2.55. The molecule has 0 spiro atoms. The van der Waals surface area contributed by atoms with E-state index in [0.29, 0.717) is 16.7 Å². The maximum Gasteiger partial charge on any atom is 0.302 e. The first kappa shape index (κ1) is 26.0. The van der Waals surface area contributed by atoms with E-state index in [4.69, 9.17) is 4.74 Å². The van der Waals surface area contributed by atoms with Crippen molar-refractivity contribution in [3.63, 3.8) is 0 Å². The van der Waals surface area contributed by atoms with Crippen molar-refractivity contribution in [1.29, 1.82) is 0 Å². The molecular weight excluding hydrogens is 416 g/mol. The Morgan fingerprint density at radius 2 is 1.68 bits per heavy atom. The lowest BCUT2D eigenvalue weighted by atomic mass is 9.43. The third kappa shape index (κ3) is 3.85. The van der Waals surface area contributed by atoms with Gasteiger partial charge in [-0.1, -0.05) is 64.3 Å². The molecule has 2 saturated carbocycles. The van der Waals surface area contributed by atoms with Crippen LogP contribution in [0.1, 0.15) is 127 Å². The zero-order chi connectivity index (χ0) is 25.1. The van der Waals surface area contributed by atoms with Gasteiger partial charge < -0.3 is 4.74 Å². The average molecular weight is 469 g/mol. The Morgan fingerprint density at radius 3 is 2.32 bits per heavy atom. The van der Waals surface area contributed by atoms with Crippen LogP contribution < -0.4 is 0 Å². The largest absolute Gasteiger partial charge is 0.462 e. The van der Waals surface area contributed by atoms with Crippen molar-refractivity contribution in [3.05, 3.63) is 22.8 Å². The summed E-state index contributed by atoms with van der Waals surface area (Å²) >= 11 is 0. The van der Waals surface area contributed by atoms with Gasteiger partial charge in [0.05, 0.1) is 0 Å². The van der Waals surface area contributed by atoms with Crippen LogP contribution >= 0.6 is 0 Å². The summed E-state index contributed by atoms with van der Waals surface area (Å²) in [5.74, 6) is 2.13. The lowest BCUT2D eigenvalue weighted by Gasteiger charge is -2.62. The summed E-state index contributed by atoms with van der Waals surface area (Å²) in [5, 5.41) is 0. The summed E-state index contributed by atoms with van der Waals surface area (Å²) in [6.07, 6.45) is 15.2. The molecule has 0 unspecified atom stereocenters. The van der Waals surface area contributed by atoms with Crippen molar-refractivity contribution in [3.8, 4) is 0 Å². The van der Waals surface area contributed by atoms with E-state index >= 15 is 0 Å². The van der Waals surface area contributed by atoms with Gasteiger partial charge in [0.15, 0.2) is 0 Å². The SMILES string of the molecule is CC(=O)O[C@@H]1CC[C@]2(C)C3=C(CC[C@@H]2C1(C)C)[C@]1(C)CC[C@H]([C@H](C)CCC=C(C)C)[C@]1(C)CC3. The number of esters is 1. The van der Waals surface area contributed by atoms with Gasteiger partial charge in [-0.2, -0.15) is 0 Å². The predicted octanol–water partition coefficient (Wildman–Crippen LogP) is 9.05. The smallest absolute Gasteiger partial charge is 0.302 e. The first-order valence-corrected chi connectivity index (χ1v) is 14.3. The standard InChI is InChI=1S/C32H52O2/c1-21(2)11-10-12-22(3)24-15-19-32(9)26-13-14-27-29(5,6)28(34-23(4)33)17-18-30(27,7)25(26)16-20-31(24,32)8/h11,22,24,27-28H,10,12-20H2,1-9H3/t22-,24-,27-,28-,30-,31+,32+/m1/s1.